The molecule has 1 unspecified atom stereocenters. The number of halogens is 2. The molecule has 0 aromatic heterocycles. The Kier molecular flexibility index (Phi) is 10.00. The van der Waals surface area contributed by atoms with E-state index >= 15 is 0 Å². The first-order chi connectivity index (χ1) is 16.1. The molecule has 200 valence electrons. The van der Waals surface area contributed by atoms with E-state index in [2.05, 4.69) is 119 Å². The average Bonchev–Trinajstić information content (AvgIpc) is 3.24. The molecule has 0 fully saturated rings. The molecule has 0 nitrogen and oxygen atoms in total. The van der Waals surface area contributed by atoms with Crippen LogP contribution in [0.25, 0.3) is 11.1 Å². The molecule has 2 aliphatic carbocycles. The fourth-order valence-corrected chi connectivity index (χ4v) is 15.2. The molecule has 2 aromatic rings. The normalized spacial score (nSPS) is 16.4. The van der Waals surface area contributed by atoms with Gasteiger partial charge in [-0.1, -0.05) is 0 Å². The molecule has 0 aliphatic heterocycles. The van der Waals surface area contributed by atoms with Crippen LogP contribution in [-0.2, 0) is 38.5 Å². The van der Waals surface area contributed by atoms with Gasteiger partial charge in [0, 0.05) is 0 Å². The van der Waals surface area contributed by atoms with E-state index in [1.165, 1.54) is 22.3 Å². The molecule has 0 radical (unpaired) electrons. The van der Waals surface area contributed by atoms with Crippen LogP contribution in [0.1, 0.15) is 105 Å². The quantitative estimate of drug-likeness (QED) is 0.425. The summed E-state index contributed by atoms with van der Waals surface area (Å²) in [6, 6.07) is 12.2. The van der Waals surface area contributed by atoms with Gasteiger partial charge < -0.3 is 24.8 Å². The van der Waals surface area contributed by atoms with Crippen LogP contribution in [0.4, 0.5) is 0 Å². The monoisotopic (exact) mass is 614 g/mol. The molecule has 2 aromatic carbocycles. The maximum atomic E-state index is 2.59. The first-order valence-electron chi connectivity index (χ1n) is 13.5. The minimum absolute atomic E-state index is 0. The van der Waals surface area contributed by atoms with Gasteiger partial charge in [-0.25, -0.2) is 0 Å². The summed E-state index contributed by atoms with van der Waals surface area (Å²) in [4.78, 5) is 0. The zero-order chi connectivity index (χ0) is 26.0. The van der Waals surface area contributed by atoms with Crippen molar-refractivity contribution in [3.05, 3.63) is 73.1 Å². The molecular formula is C34H46Cl2Zr. The Morgan fingerprint density at radius 3 is 1.97 bits per heavy atom. The van der Waals surface area contributed by atoms with Gasteiger partial charge in [-0.05, 0) is 0 Å². The van der Waals surface area contributed by atoms with Gasteiger partial charge in [0.15, 0.2) is 0 Å². The minimum Gasteiger partial charge on any atom is -1.00 e. The molecule has 0 heterocycles. The standard InChI is InChI=1S/C21H25.C10H15.C3H6.2ClH.Zr/c1-20(2,3)16-7-9-18-14(12-16)11-15-13-17(21(4,5)6)8-10-19(15)18;1-7(2)10-6-8(3)5-9(10)4;1-3-2;;;/h7-10,12H,11H2,1-6H3;6-8H,1-4H3;1-2H3;2*1H;/q;;;;;+2/p-2. The summed E-state index contributed by atoms with van der Waals surface area (Å²) in [5, 5.41) is 0. The van der Waals surface area contributed by atoms with Crippen molar-refractivity contribution in [1.82, 2.24) is 0 Å². The number of hydrogen-bond donors (Lipinski definition) is 0. The van der Waals surface area contributed by atoms with E-state index in [0.717, 1.165) is 6.42 Å². The molecule has 0 amide bonds. The van der Waals surface area contributed by atoms with Crippen molar-refractivity contribution < 1.29 is 46.1 Å². The number of benzene rings is 2. The van der Waals surface area contributed by atoms with Crippen molar-refractivity contribution in [3.8, 4) is 11.1 Å². The van der Waals surface area contributed by atoms with Gasteiger partial charge in [0.25, 0.3) is 0 Å². The molecule has 1 atom stereocenters. The summed E-state index contributed by atoms with van der Waals surface area (Å²) in [5.41, 5.74) is 12.7. The van der Waals surface area contributed by atoms with Gasteiger partial charge in [0.1, 0.15) is 0 Å². The molecule has 0 N–H and O–H groups in total. The summed E-state index contributed by atoms with van der Waals surface area (Å²) >= 11 is -2.32. The number of rotatable bonds is 3. The van der Waals surface area contributed by atoms with Crippen molar-refractivity contribution >= 4 is 6.48 Å². The molecule has 0 saturated carbocycles. The third-order valence-corrected chi connectivity index (χ3v) is 16.6. The average molecular weight is 617 g/mol. The van der Waals surface area contributed by atoms with Crippen molar-refractivity contribution in [3.63, 3.8) is 0 Å². The maximum absolute atomic E-state index is 2.59. The summed E-state index contributed by atoms with van der Waals surface area (Å²) in [7, 11) is 0. The van der Waals surface area contributed by atoms with E-state index in [-0.39, 0.29) is 35.6 Å². The number of allylic oxidation sites excluding steroid dienone is 4. The summed E-state index contributed by atoms with van der Waals surface area (Å²) in [6.07, 6.45) is 3.68. The number of hydrogen-bond acceptors (Lipinski definition) is 0. The molecule has 37 heavy (non-hydrogen) atoms. The van der Waals surface area contributed by atoms with E-state index in [4.69, 9.17) is 0 Å². The van der Waals surface area contributed by atoms with Crippen LogP contribution in [0.2, 0.25) is 0 Å². The Bertz CT molecular complexity index is 1290. The van der Waals surface area contributed by atoms with Crippen molar-refractivity contribution in [2.45, 2.75) is 100 Å². The molecule has 2 aliphatic rings. The van der Waals surface area contributed by atoms with Gasteiger partial charge in [-0.2, -0.15) is 0 Å². The SMILES string of the molecule is CC1=[C]([Zr+2](=[C](C)C)[c]2c(C(C)(C)C)ccc3c2Cc2cc(C(C)(C)C)ccc2-3)C(C)C=C1C(C)C.[Cl-].[Cl-]. The second-order valence-electron chi connectivity index (χ2n) is 13.5. The van der Waals surface area contributed by atoms with Gasteiger partial charge in [0.2, 0.25) is 0 Å². The molecule has 0 bridgehead atoms. The van der Waals surface area contributed by atoms with E-state index in [0.29, 0.717) is 11.8 Å². The Balaban J connectivity index is 0.00000241. The van der Waals surface area contributed by atoms with Gasteiger partial charge >= 0.3 is 224 Å². The van der Waals surface area contributed by atoms with Crippen molar-refractivity contribution in [1.29, 1.82) is 0 Å². The van der Waals surface area contributed by atoms with Crippen LogP contribution in [0, 0.1) is 11.8 Å². The predicted molar refractivity (Wildman–Crippen MR) is 153 cm³/mol. The van der Waals surface area contributed by atoms with E-state index in [9.17, 15) is 0 Å². The van der Waals surface area contributed by atoms with Crippen LogP contribution in [-0.4, -0.2) is 3.21 Å². The largest absolute Gasteiger partial charge is 1.00 e. The minimum atomic E-state index is -2.32. The fraction of sp³-hybridized carbons (Fsp3) is 0.500. The molecule has 0 saturated heterocycles. The predicted octanol–water partition coefficient (Wildman–Crippen LogP) is 2.82. The molecule has 0 spiro atoms. The van der Waals surface area contributed by atoms with E-state index < -0.39 is 21.3 Å². The Labute approximate surface area is 247 Å². The van der Waals surface area contributed by atoms with Crippen LogP contribution in [0.3, 0.4) is 0 Å². The van der Waals surface area contributed by atoms with Crippen molar-refractivity contribution in [2.75, 3.05) is 0 Å². The Morgan fingerprint density at radius 2 is 1.49 bits per heavy atom. The van der Waals surface area contributed by atoms with Gasteiger partial charge in [0.05, 0.1) is 0 Å². The first kappa shape index (κ1) is 32.5. The van der Waals surface area contributed by atoms with Crippen LogP contribution in [0.15, 0.2) is 50.8 Å². The van der Waals surface area contributed by atoms with Crippen LogP contribution in [0.5, 0.6) is 0 Å². The third kappa shape index (κ3) is 5.90. The fourth-order valence-electron chi connectivity index (χ4n) is 6.32. The first-order valence-corrected chi connectivity index (χ1v) is 17.2. The smallest absolute Gasteiger partial charge is 1.00 e. The maximum Gasteiger partial charge on any atom is -1.00 e. The van der Waals surface area contributed by atoms with Crippen molar-refractivity contribution in [2.24, 2.45) is 11.8 Å². The Hall–Kier alpha value is -0.747. The van der Waals surface area contributed by atoms with E-state index in [1.54, 1.807) is 28.8 Å². The van der Waals surface area contributed by atoms with Crippen LogP contribution >= 0.6 is 0 Å². The topological polar surface area (TPSA) is 0 Å². The Morgan fingerprint density at radius 1 is 0.892 bits per heavy atom. The zero-order valence-corrected chi connectivity index (χ0v) is 29.1. The molecular weight excluding hydrogens is 571 g/mol. The summed E-state index contributed by atoms with van der Waals surface area (Å²) < 4.78 is 5.31. The zero-order valence-electron chi connectivity index (χ0n) is 25.1. The van der Waals surface area contributed by atoms with Crippen LogP contribution < -0.4 is 28.1 Å². The van der Waals surface area contributed by atoms with Gasteiger partial charge in [-0.3, -0.25) is 0 Å². The molecule has 4 rings (SSSR count). The van der Waals surface area contributed by atoms with E-state index in [1.807, 2.05) is 3.28 Å². The second-order valence-corrected chi connectivity index (χ2v) is 20.4. The third-order valence-electron chi connectivity index (χ3n) is 8.11. The summed E-state index contributed by atoms with van der Waals surface area (Å²) in [5.74, 6) is 1.16. The summed E-state index contributed by atoms with van der Waals surface area (Å²) in [6.45, 7) is 28.7. The number of fused-ring (bicyclic) bond motifs is 3. The second kappa shape index (κ2) is 11.4. The molecule has 3 heteroatoms. The van der Waals surface area contributed by atoms with Gasteiger partial charge in [-0.15, -0.1) is 0 Å².